The Bertz CT molecular complexity index is 1120. The molecule has 1 aliphatic rings. The second kappa shape index (κ2) is 10.3. The van der Waals surface area contributed by atoms with E-state index in [0.717, 1.165) is 11.4 Å². The van der Waals surface area contributed by atoms with Crippen LogP contribution in [0.2, 0.25) is 0 Å². The molecular weight excluding hydrogens is 436 g/mol. The number of methoxy groups -OCH3 is 4. The van der Waals surface area contributed by atoms with Gasteiger partial charge in [-0.05, 0) is 42.5 Å². The Labute approximate surface area is 198 Å². The molecule has 0 unspecified atom stereocenters. The number of hydrogen-bond donors (Lipinski definition) is 0. The molecule has 0 saturated carbocycles. The van der Waals surface area contributed by atoms with E-state index in [1.165, 1.54) is 0 Å². The van der Waals surface area contributed by atoms with Crippen molar-refractivity contribution in [2.24, 2.45) is 0 Å². The zero-order valence-corrected chi connectivity index (χ0v) is 19.8. The zero-order valence-electron chi connectivity index (χ0n) is 19.8. The molecule has 0 bridgehead atoms. The van der Waals surface area contributed by atoms with Gasteiger partial charge in [0, 0.05) is 37.3 Å². The SMILES string of the molecule is COc1cccc(C(=O)N2CCN(c3ccc(-c4cc(OC)c(OC)c(OC)c4)nn3)CC2)c1. The molecule has 34 heavy (non-hydrogen) atoms. The smallest absolute Gasteiger partial charge is 0.254 e. The summed E-state index contributed by atoms with van der Waals surface area (Å²) in [4.78, 5) is 16.8. The highest BCUT2D eigenvalue weighted by atomic mass is 16.5. The van der Waals surface area contributed by atoms with Crippen LogP contribution >= 0.6 is 0 Å². The molecule has 178 valence electrons. The van der Waals surface area contributed by atoms with Crippen LogP contribution in [0.5, 0.6) is 23.0 Å². The second-order valence-electron chi connectivity index (χ2n) is 7.70. The topological polar surface area (TPSA) is 86.3 Å². The molecule has 0 N–H and O–H groups in total. The van der Waals surface area contributed by atoms with Gasteiger partial charge in [0.1, 0.15) is 5.75 Å². The summed E-state index contributed by atoms with van der Waals surface area (Å²) in [5.74, 6) is 3.08. The van der Waals surface area contributed by atoms with Crippen LogP contribution < -0.4 is 23.8 Å². The van der Waals surface area contributed by atoms with E-state index in [1.807, 2.05) is 47.4 Å². The Morgan fingerprint density at radius 3 is 2.06 bits per heavy atom. The number of aromatic nitrogens is 2. The summed E-state index contributed by atoms with van der Waals surface area (Å²) in [5.41, 5.74) is 2.12. The number of ether oxygens (including phenoxy) is 4. The standard InChI is InChI=1S/C25H28N4O5/c1-31-19-7-5-6-17(14-19)25(30)29-12-10-28(11-13-29)23-9-8-20(26-27-23)18-15-21(32-2)24(34-4)22(16-18)33-3/h5-9,14-16H,10-13H2,1-4H3. The highest BCUT2D eigenvalue weighted by Crippen LogP contribution is 2.40. The van der Waals surface area contributed by atoms with Crippen molar-refractivity contribution in [2.75, 3.05) is 59.5 Å². The van der Waals surface area contributed by atoms with E-state index in [2.05, 4.69) is 15.1 Å². The maximum Gasteiger partial charge on any atom is 0.254 e. The van der Waals surface area contributed by atoms with E-state index in [0.29, 0.717) is 60.4 Å². The van der Waals surface area contributed by atoms with Gasteiger partial charge in [0.2, 0.25) is 5.75 Å². The van der Waals surface area contributed by atoms with E-state index in [4.69, 9.17) is 18.9 Å². The van der Waals surface area contributed by atoms with Crippen LogP contribution in [-0.2, 0) is 0 Å². The molecule has 0 spiro atoms. The Balaban J connectivity index is 1.44. The third-order valence-electron chi connectivity index (χ3n) is 5.82. The van der Waals surface area contributed by atoms with Crippen molar-refractivity contribution < 1.29 is 23.7 Å². The highest BCUT2D eigenvalue weighted by Gasteiger charge is 2.23. The van der Waals surface area contributed by atoms with Crippen LogP contribution in [-0.4, -0.2) is 75.6 Å². The molecule has 9 heteroatoms. The van der Waals surface area contributed by atoms with Crippen LogP contribution in [0.3, 0.4) is 0 Å². The molecule has 1 amide bonds. The Kier molecular flexibility index (Phi) is 7.01. The van der Waals surface area contributed by atoms with Crippen LogP contribution in [0.15, 0.2) is 48.5 Å². The molecule has 3 aromatic rings. The van der Waals surface area contributed by atoms with Gasteiger partial charge in [0.15, 0.2) is 17.3 Å². The number of rotatable bonds is 7. The lowest BCUT2D eigenvalue weighted by Gasteiger charge is -2.35. The fraction of sp³-hybridized carbons (Fsp3) is 0.320. The van der Waals surface area contributed by atoms with Crippen molar-refractivity contribution >= 4 is 11.7 Å². The minimum Gasteiger partial charge on any atom is -0.497 e. The summed E-state index contributed by atoms with van der Waals surface area (Å²) in [5, 5.41) is 8.84. The minimum absolute atomic E-state index is 0.00221. The first-order valence-electron chi connectivity index (χ1n) is 10.9. The van der Waals surface area contributed by atoms with E-state index in [1.54, 1.807) is 34.5 Å². The fourth-order valence-corrected chi connectivity index (χ4v) is 3.95. The number of anilines is 1. The average molecular weight is 465 g/mol. The maximum atomic E-state index is 12.9. The molecular formula is C25H28N4O5. The number of hydrogen-bond acceptors (Lipinski definition) is 8. The van der Waals surface area contributed by atoms with Gasteiger partial charge >= 0.3 is 0 Å². The van der Waals surface area contributed by atoms with Gasteiger partial charge in [-0.1, -0.05) is 6.07 Å². The van der Waals surface area contributed by atoms with Gasteiger partial charge < -0.3 is 28.7 Å². The Morgan fingerprint density at radius 2 is 1.50 bits per heavy atom. The number of benzene rings is 2. The summed E-state index contributed by atoms with van der Waals surface area (Å²) in [6.07, 6.45) is 0. The van der Waals surface area contributed by atoms with E-state index < -0.39 is 0 Å². The molecule has 0 aliphatic carbocycles. The quantitative estimate of drug-likeness (QED) is 0.527. The third-order valence-corrected chi connectivity index (χ3v) is 5.82. The summed E-state index contributed by atoms with van der Waals surface area (Å²) in [6.45, 7) is 2.56. The first-order valence-corrected chi connectivity index (χ1v) is 10.9. The van der Waals surface area contributed by atoms with Crippen molar-refractivity contribution in [3.8, 4) is 34.3 Å². The first kappa shape index (κ1) is 23.2. The zero-order chi connectivity index (χ0) is 24.1. The van der Waals surface area contributed by atoms with Crippen LogP contribution in [0.4, 0.5) is 5.82 Å². The number of piperazine rings is 1. The number of carbonyl (C=O) groups is 1. The summed E-state index contributed by atoms with van der Waals surface area (Å²) in [7, 11) is 6.32. The molecule has 9 nitrogen and oxygen atoms in total. The minimum atomic E-state index is 0.00221. The predicted octanol–water partition coefficient (Wildman–Crippen LogP) is 3.14. The van der Waals surface area contributed by atoms with E-state index >= 15 is 0 Å². The average Bonchev–Trinajstić information content (AvgIpc) is 2.92. The molecule has 0 atom stereocenters. The van der Waals surface area contributed by atoms with Crippen LogP contribution in [0.1, 0.15) is 10.4 Å². The van der Waals surface area contributed by atoms with Crippen molar-refractivity contribution in [3.63, 3.8) is 0 Å². The first-order chi connectivity index (χ1) is 16.6. The Morgan fingerprint density at radius 1 is 0.794 bits per heavy atom. The van der Waals surface area contributed by atoms with Gasteiger partial charge in [-0.25, -0.2) is 0 Å². The van der Waals surface area contributed by atoms with Gasteiger partial charge in [-0.15, -0.1) is 10.2 Å². The summed E-state index contributed by atoms with van der Waals surface area (Å²) in [6, 6.07) is 14.8. The predicted molar refractivity (Wildman–Crippen MR) is 128 cm³/mol. The monoisotopic (exact) mass is 464 g/mol. The van der Waals surface area contributed by atoms with Gasteiger partial charge in [0.05, 0.1) is 34.1 Å². The van der Waals surface area contributed by atoms with Crippen molar-refractivity contribution in [2.45, 2.75) is 0 Å². The maximum absolute atomic E-state index is 12.9. The van der Waals surface area contributed by atoms with Crippen molar-refractivity contribution in [3.05, 3.63) is 54.1 Å². The van der Waals surface area contributed by atoms with E-state index in [9.17, 15) is 4.79 Å². The van der Waals surface area contributed by atoms with Gasteiger partial charge in [-0.2, -0.15) is 0 Å². The molecule has 0 radical (unpaired) electrons. The largest absolute Gasteiger partial charge is 0.497 e. The summed E-state index contributed by atoms with van der Waals surface area (Å²) >= 11 is 0. The molecule has 1 aromatic heterocycles. The molecule has 1 saturated heterocycles. The molecule has 2 heterocycles. The normalized spacial score (nSPS) is 13.4. The van der Waals surface area contributed by atoms with Crippen molar-refractivity contribution in [1.82, 2.24) is 15.1 Å². The second-order valence-corrected chi connectivity index (χ2v) is 7.70. The van der Waals surface area contributed by atoms with Crippen LogP contribution in [0.25, 0.3) is 11.3 Å². The highest BCUT2D eigenvalue weighted by molar-refractivity contribution is 5.94. The Hall–Kier alpha value is -4.01. The number of nitrogens with zero attached hydrogens (tertiary/aromatic N) is 4. The van der Waals surface area contributed by atoms with Crippen molar-refractivity contribution in [1.29, 1.82) is 0 Å². The van der Waals surface area contributed by atoms with Gasteiger partial charge in [0.25, 0.3) is 5.91 Å². The molecule has 2 aromatic carbocycles. The van der Waals surface area contributed by atoms with Gasteiger partial charge in [-0.3, -0.25) is 4.79 Å². The third kappa shape index (κ3) is 4.68. The molecule has 4 rings (SSSR count). The molecule has 1 aliphatic heterocycles. The number of amides is 1. The van der Waals surface area contributed by atoms with Crippen LogP contribution in [0, 0.1) is 0 Å². The summed E-state index contributed by atoms with van der Waals surface area (Å²) < 4.78 is 21.5. The fourth-order valence-electron chi connectivity index (χ4n) is 3.95. The number of carbonyl (C=O) groups excluding carboxylic acids is 1. The lowest BCUT2D eigenvalue weighted by Crippen LogP contribution is -2.49. The lowest BCUT2D eigenvalue weighted by molar-refractivity contribution is 0.0746. The lowest BCUT2D eigenvalue weighted by atomic mass is 10.1. The molecule has 1 fully saturated rings. The van der Waals surface area contributed by atoms with E-state index in [-0.39, 0.29) is 5.91 Å².